The van der Waals surface area contributed by atoms with Crippen LogP contribution in [0.4, 0.5) is 0 Å². The summed E-state index contributed by atoms with van der Waals surface area (Å²) >= 11 is 0. The highest BCUT2D eigenvalue weighted by Crippen LogP contribution is 2.46. The summed E-state index contributed by atoms with van der Waals surface area (Å²) in [5, 5.41) is 24.1. The third-order valence-electron chi connectivity index (χ3n) is 3.83. The summed E-state index contributed by atoms with van der Waals surface area (Å²) in [4.78, 5) is 0. The van der Waals surface area contributed by atoms with Crippen LogP contribution in [-0.4, -0.2) is 21.7 Å². The fourth-order valence-corrected chi connectivity index (χ4v) is 6.22. The van der Waals surface area contributed by atoms with Crippen LogP contribution in [0.5, 0.6) is 0 Å². The monoisotopic (exact) mass is 366 g/mol. The minimum atomic E-state index is -2.55. The van der Waals surface area contributed by atoms with Crippen molar-refractivity contribution in [3.8, 4) is 0 Å². The first kappa shape index (κ1) is 17.9. The molecule has 0 aliphatic rings. The SMILES string of the molecule is NC(=NN(O)O)N=P(c1ccccc1)(c1ccccc1)c1ccccc1. The number of benzene rings is 3. The number of guanidine groups is 1. The molecule has 0 saturated heterocycles. The summed E-state index contributed by atoms with van der Waals surface area (Å²) in [6.45, 7) is 0. The van der Waals surface area contributed by atoms with Crippen molar-refractivity contribution in [3.05, 3.63) is 91.0 Å². The van der Waals surface area contributed by atoms with E-state index in [1.54, 1.807) is 0 Å². The average Bonchev–Trinajstić information content (AvgIpc) is 2.67. The molecule has 0 bridgehead atoms. The summed E-state index contributed by atoms with van der Waals surface area (Å²) in [7, 11) is -2.55. The topological polar surface area (TPSA) is 94.4 Å². The first-order valence-electron chi connectivity index (χ1n) is 7.94. The summed E-state index contributed by atoms with van der Waals surface area (Å²) < 4.78 is 4.74. The molecule has 0 atom stereocenters. The summed E-state index contributed by atoms with van der Waals surface area (Å²) in [6, 6.07) is 29.5. The molecule has 132 valence electrons. The third-order valence-corrected chi connectivity index (χ3v) is 7.48. The van der Waals surface area contributed by atoms with Crippen LogP contribution in [0.15, 0.2) is 101 Å². The van der Waals surface area contributed by atoms with Crippen molar-refractivity contribution >= 4 is 28.9 Å². The molecule has 0 spiro atoms. The Hall–Kier alpha value is -2.92. The van der Waals surface area contributed by atoms with Gasteiger partial charge >= 0.3 is 0 Å². The van der Waals surface area contributed by atoms with E-state index in [0.717, 1.165) is 15.9 Å². The van der Waals surface area contributed by atoms with Crippen LogP contribution in [0.25, 0.3) is 0 Å². The van der Waals surface area contributed by atoms with Crippen LogP contribution in [0, 0.1) is 0 Å². The molecule has 0 aliphatic heterocycles. The van der Waals surface area contributed by atoms with Gasteiger partial charge in [0.15, 0.2) is 0 Å². The van der Waals surface area contributed by atoms with Gasteiger partial charge in [-0.3, -0.25) is 0 Å². The molecule has 0 aromatic heterocycles. The fraction of sp³-hybridized carbons (Fsp3) is 0. The fourth-order valence-electron chi connectivity index (χ4n) is 2.82. The second-order valence-corrected chi connectivity index (χ2v) is 8.49. The average molecular weight is 366 g/mol. The molecule has 26 heavy (non-hydrogen) atoms. The summed E-state index contributed by atoms with van der Waals surface area (Å²) in [5.74, 6) is -0.222. The molecule has 7 heteroatoms. The smallest absolute Gasteiger partial charge is 0.242 e. The van der Waals surface area contributed by atoms with Gasteiger partial charge in [0.1, 0.15) is 0 Å². The molecule has 4 N–H and O–H groups in total. The molecule has 0 heterocycles. The maximum Gasteiger partial charge on any atom is 0.242 e. The van der Waals surface area contributed by atoms with Crippen molar-refractivity contribution in [1.82, 2.24) is 5.34 Å². The Morgan fingerprint density at radius 2 is 1.04 bits per heavy atom. The normalized spacial score (nSPS) is 11.8. The molecule has 6 nitrogen and oxygen atoms in total. The van der Waals surface area contributed by atoms with Gasteiger partial charge in [-0.15, -0.1) is 0 Å². The Balaban J connectivity index is 2.42. The van der Waals surface area contributed by atoms with Gasteiger partial charge in [-0.2, -0.15) is 0 Å². The van der Waals surface area contributed by atoms with E-state index >= 15 is 0 Å². The Morgan fingerprint density at radius 1 is 0.692 bits per heavy atom. The molecule has 3 aromatic rings. The van der Waals surface area contributed by atoms with E-state index in [9.17, 15) is 0 Å². The zero-order valence-corrected chi connectivity index (χ0v) is 14.8. The van der Waals surface area contributed by atoms with Crippen molar-refractivity contribution in [2.45, 2.75) is 0 Å². The number of hydrazone groups is 1. The lowest BCUT2D eigenvalue weighted by Crippen LogP contribution is -2.28. The maximum atomic E-state index is 9.01. The van der Waals surface area contributed by atoms with Crippen molar-refractivity contribution in [3.63, 3.8) is 0 Å². The van der Waals surface area contributed by atoms with Crippen molar-refractivity contribution < 1.29 is 10.4 Å². The molecular weight excluding hydrogens is 347 g/mol. The number of rotatable bonds is 4. The number of hydrogen-bond acceptors (Lipinski definition) is 4. The number of hydrogen-bond donors (Lipinski definition) is 3. The van der Waals surface area contributed by atoms with Crippen LogP contribution in [0.1, 0.15) is 0 Å². The predicted molar refractivity (Wildman–Crippen MR) is 105 cm³/mol. The van der Waals surface area contributed by atoms with E-state index in [1.165, 1.54) is 0 Å². The minimum absolute atomic E-state index is 0.222. The molecule has 0 radical (unpaired) electrons. The minimum Gasteiger partial charge on any atom is -0.366 e. The van der Waals surface area contributed by atoms with Gasteiger partial charge in [-0.05, 0) is 5.34 Å². The van der Waals surface area contributed by atoms with E-state index in [2.05, 4.69) is 5.10 Å². The largest absolute Gasteiger partial charge is 0.366 e. The van der Waals surface area contributed by atoms with Crippen molar-refractivity contribution in [1.29, 1.82) is 0 Å². The standard InChI is InChI=1S/C19H19N4O2P/c20-19(21-23(24)25)22-26(16-10-4-1-5-11-16,17-12-6-2-7-13-17)18-14-8-3-9-15-18/h1-15,24-25H,(H2,20,21). The Bertz CT molecular complexity index is 826. The van der Waals surface area contributed by atoms with Gasteiger partial charge in [0.2, 0.25) is 5.96 Å². The summed E-state index contributed by atoms with van der Waals surface area (Å²) in [6.07, 6.45) is 0. The zero-order valence-electron chi connectivity index (χ0n) is 13.9. The van der Waals surface area contributed by atoms with Crippen molar-refractivity contribution in [2.75, 3.05) is 0 Å². The van der Waals surface area contributed by atoms with Crippen molar-refractivity contribution in [2.24, 2.45) is 15.6 Å². The first-order valence-corrected chi connectivity index (χ1v) is 9.68. The Labute approximate surface area is 151 Å². The van der Waals surface area contributed by atoms with Gasteiger partial charge < -0.3 is 5.73 Å². The molecule has 0 aliphatic carbocycles. The van der Waals surface area contributed by atoms with E-state index < -0.39 is 7.05 Å². The van der Waals surface area contributed by atoms with E-state index in [4.69, 9.17) is 20.9 Å². The Kier molecular flexibility index (Phi) is 5.49. The molecule has 0 unspecified atom stereocenters. The maximum absolute atomic E-state index is 9.01. The van der Waals surface area contributed by atoms with E-state index in [0.29, 0.717) is 0 Å². The molecule has 0 amide bonds. The first-order chi connectivity index (χ1) is 12.6. The molecule has 0 fully saturated rings. The lowest BCUT2D eigenvalue weighted by molar-refractivity contribution is -0.307. The quantitative estimate of drug-likeness (QED) is 0.286. The van der Waals surface area contributed by atoms with Gasteiger partial charge in [0.05, 0.1) is 7.05 Å². The Morgan fingerprint density at radius 3 is 1.35 bits per heavy atom. The molecular formula is C19H19N4O2P. The lowest BCUT2D eigenvalue weighted by atomic mass is 10.4. The highest BCUT2D eigenvalue weighted by Gasteiger charge is 2.27. The molecule has 3 rings (SSSR count). The predicted octanol–water partition coefficient (Wildman–Crippen LogP) is 2.47. The van der Waals surface area contributed by atoms with Gasteiger partial charge in [0, 0.05) is 15.9 Å². The van der Waals surface area contributed by atoms with Crippen LogP contribution in [0.2, 0.25) is 0 Å². The summed E-state index contributed by atoms with van der Waals surface area (Å²) in [5.41, 5.74) is 5.92. The van der Waals surface area contributed by atoms with Crippen LogP contribution >= 0.6 is 7.05 Å². The second-order valence-electron chi connectivity index (χ2n) is 5.47. The second kappa shape index (κ2) is 7.97. The number of nitrogens with two attached hydrogens (primary N) is 1. The van der Waals surface area contributed by atoms with Gasteiger partial charge in [-0.25, -0.2) is 15.2 Å². The third kappa shape index (κ3) is 3.68. The highest BCUT2D eigenvalue weighted by molar-refractivity contribution is 7.87. The van der Waals surface area contributed by atoms with E-state index in [-0.39, 0.29) is 11.3 Å². The van der Waals surface area contributed by atoms with E-state index in [1.807, 2.05) is 91.0 Å². The van der Waals surface area contributed by atoms with Crippen LogP contribution in [-0.2, 0) is 0 Å². The zero-order chi connectivity index (χ0) is 18.4. The van der Waals surface area contributed by atoms with Gasteiger partial charge in [0.25, 0.3) is 0 Å². The van der Waals surface area contributed by atoms with Gasteiger partial charge in [-0.1, -0.05) is 96.1 Å². The molecule has 0 saturated carbocycles. The van der Waals surface area contributed by atoms with Crippen LogP contribution < -0.4 is 21.6 Å². The molecule has 3 aromatic carbocycles. The highest BCUT2D eigenvalue weighted by atomic mass is 31.2. The van der Waals surface area contributed by atoms with Crippen LogP contribution in [0.3, 0.4) is 0 Å². The number of nitrogens with zero attached hydrogens (tertiary/aromatic N) is 3. The lowest BCUT2D eigenvalue weighted by Gasteiger charge is -2.26.